The van der Waals surface area contributed by atoms with Crippen LogP contribution in [-0.4, -0.2) is 9.55 Å². The van der Waals surface area contributed by atoms with Gasteiger partial charge in [-0.25, -0.2) is 0 Å². The molecule has 0 aliphatic rings. The van der Waals surface area contributed by atoms with Gasteiger partial charge >= 0.3 is 0 Å². The molecular formula is C18H18N2. The first-order chi connectivity index (χ1) is 9.75. The van der Waals surface area contributed by atoms with Gasteiger partial charge in [0, 0.05) is 35.9 Å². The van der Waals surface area contributed by atoms with E-state index in [1.807, 2.05) is 12.4 Å². The third kappa shape index (κ3) is 2.37. The van der Waals surface area contributed by atoms with Gasteiger partial charge in [-0.1, -0.05) is 30.3 Å². The third-order valence-electron chi connectivity index (χ3n) is 3.75. The number of benzene rings is 1. The Balaban J connectivity index is 1.99. The van der Waals surface area contributed by atoms with Crippen molar-refractivity contribution < 1.29 is 0 Å². The van der Waals surface area contributed by atoms with Gasteiger partial charge in [-0.05, 0) is 43.2 Å². The summed E-state index contributed by atoms with van der Waals surface area (Å²) in [6, 6.07) is 17.0. The lowest BCUT2D eigenvalue weighted by Gasteiger charge is -2.10. The maximum Gasteiger partial charge on any atom is 0.0475 e. The molecule has 0 atom stereocenters. The van der Waals surface area contributed by atoms with Crippen LogP contribution in [0, 0.1) is 13.8 Å². The predicted octanol–water partition coefficient (Wildman–Crippen LogP) is 4.22. The van der Waals surface area contributed by atoms with Gasteiger partial charge in [0.1, 0.15) is 0 Å². The van der Waals surface area contributed by atoms with Gasteiger partial charge in [-0.3, -0.25) is 4.98 Å². The van der Waals surface area contributed by atoms with Crippen LogP contribution >= 0.6 is 0 Å². The molecule has 3 rings (SSSR count). The first-order valence-electron chi connectivity index (χ1n) is 6.87. The van der Waals surface area contributed by atoms with E-state index in [-0.39, 0.29) is 0 Å². The molecule has 2 heteroatoms. The second-order valence-corrected chi connectivity index (χ2v) is 5.09. The summed E-state index contributed by atoms with van der Waals surface area (Å²) in [6.45, 7) is 5.27. The minimum atomic E-state index is 0.920. The van der Waals surface area contributed by atoms with Crippen LogP contribution in [-0.2, 0) is 6.54 Å². The minimum absolute atomic E-state index is 0.920. The van der Waals surface area contributed by atoms with Crippen LogP contribution in [0.3, 0.4) is 0 Å². The quantitative estimate of drug-likeness (QED) is 0.691. The third-order valence-corrected chi connectivity index (χ3v) is 3.75. The first kappa shape index (κ1) is 12.7. The molecule has 2 nitrogen and oxygen atoms in total. The second-order valence-electron chi connectivity index (χ2n) is 5.09. The van der Waals surface area contributed by atoms with Crippen LogP contribution in [0.2, 0.25) is 0 Å². The average Bonchev–Trinajstić information content (AvgIpc) is 2.77. The molecule has 0 bridgehead atoms. The van der Waals surface area contributed by atoms with Crippen molar-refractivity contribution in [3.8, 4) is 11.1 Å². The molecule has 1 aromatic carbocycles. The van der Waals surface area contributed by atoms with E-state index in [0.29, 0.717) is 0 Å². The highest BCUT2D eigenvalue weighted by Crippen LogP contribution is 2.26. The molecule has 0 radical (unpaired) electrons. The Hall–Kier alpha value is -2.35. The molecule has 2 heterocycles. The Morgan fingerprint density at radius 3 is 2.35 bits per heavy atom. The number of rotatable bonds is 3. The lowest BCUT2D eigenvalue weighted by atomic mass is 10.1. The molecular weight excluding hydrogens is 244 g/mol. The Labute approximate surface area is 119 Å². The monoisotopic (exact) mass is 262 g/mol. The molecule has 0 saturated heterocycles. The predicted molar refractivity (Wildman–Crippen MR) is 82.7 cm³/mol. The summed E-state index contributed by atoms with van der Waals surface area (Å²) in [5.74, 6) is 0. The Bertz CT molecular complexity index is 697. The van der Waals surface area contributed by atoms with E-state index >= 15 is 0 Å². The number of pyridine rings is 1. The molecule has 0 unspecified atom stereocenters. The van der Waals surface area contributed by atoms with Gasteiger partial charge in [-0.15, -0.1) is 0 Å². The second kappa shape index (κ2) is 5.33. The molecule has 0 amide bonds. The number of aromatic nitrogens is 2. The summed E-state index contributed by atoms with van der Waals surface area (Å²) < 4.78 is 2.37. The molecule has 0 aliphatic carbocycles. The first-order valence-corrected chi connectivity index (χ1v) is 6.87. The number of hydrogen-bond acceptors (Lipinski definition) is 1. The summed E-state index contributed by atoms with van der Waals surface area (Å²) in [4.78, 5) is 4.09. The fraction of sp³-hybridized carbons (Fsp3) is 0.167. The molecule has 0 spiro atoms. The Morgan fingerprint density at radius 2 is 1.65 bits per heavy atom. The summed E-state index contributed by atoms with van der Waals surface area (Å²) in [5, 5.41) is 0. The lowest BCUT2D eigenvalue weighted by molar-refractivity contribution is 0.750. The Morgan fingerprint density at radius 1 is 0.950 bits per heavy atom. The van der Waals surface area contributed by atoms with E-state index in [0.717, 1.165) is 6.54 Å². The van der Waals surface area contributed by atoms with E-state index in [1.54, 1.807) is 0 Å². The van der Waals surface area contributed by atoms with Gasteiger partial charge in [0.25, 0.3) is 0 Å². The van der Waals surface area contributed by atoms with E-state index in [4.69, 9.17) is 0 Å². The molecule has 0 fully saturated rings. The smallest absolute Gasteiger partial charge is 0.0475 e. The van der Waals surface area contributed by atoms with Gasteiger partial charge in [-0.2, -0.15) is 0 Å². The van der Waals surface area contributed by atoms with Gasteiger partial charge in [0.05, 0.1) is 0 Å². The van der Waals surface area contributed by atoms with Crippen molar-refractivity contribution in [2.24, 2.45) is 0 Å². The summed E-state index contributed by atoms with van der Waals surface area (Å²) in [5.41, 5.74) is 6.44. The van der Waals surface area contributed by atoms with E-state index < -0.39 is 0 Å². The molecule has 20 heavy (non-hydrogen) atoms. The number of nitrogens with zero attached hydrogens (tertiary/aromatic N) is 2. The highest BCUT2D eigenvalue weighted by Gasteiger charge is 2.10. The van der Waals surface area contributed by atoms with E-state index in [2.05, 4.69) is 71.9 Å². The van der Waals surface area contributed by atoms with Crippen molar-refractivity contribution >= 4 is 0 Å². The molecule has 0 saturated carbocycles. The molecule has 100 valence electrons. The topological polar surface area (TPSA) is 17.8 Å². The van der Waals surface area contributed by atoms with Crippen LogP contribution in [0.15, 0.2) is 60.9 Å². The van der Waals surface area contributed by atoms with Crippen molar-refractivity contribution in [3.63, 3.8) is 0 Å². The normalized spacial score (nSPS) is 10.7. The summed E-state index contributed by atoms with van der Waals surface area (Å²) in [7, 11) is 0. The fourth-order valence-corrected chi connectivity index (χ4v) is 2.63. The molecule has 3 aromatic rings. The van der Waals surface area contributed by atoms with Crippen molar-refractivity contribution in [3.05, 3.63) is 77.9 Å². The average molecular weight is 262 g/mol. The molecule has 0 aliphatic heterocycles. The Kier molecular flexibility index (Phi) is 3.38. The fourth-order valence-electron chi connectivity index (χ4n) is 2.63. The van der Waals surface area contributed by atoms with Crippen LogP contribution in [0.25, 0.3) is 11.1 Å². The summed E-state index contributed by atoms with van der Waals surface area (Å²) in [6.07, 6.45) is 3.69. The van der Waals surface area contributed by atoms with Gasteiger partial charge in [0.2, 0.25) is 0 Å². The van der Waals surface area contributed by atoms with E-state index in [1.165, 1.54) is 28.1 Å². The zero-order valence-corrected chi connectivity index (χ0v) is 11.9. The van der Waals surface area contributed by atoms with Crippen molar-refractivity contribution in [2.75, 3.05) is 0 Å². The standard InChI is InChI=1S/C18H18N2/c1-14-12-18(17-8-10-19-11-9-17)15(2)20(14)13-16-6-4-3-5-7-16/h3-12H,13H2,1-2H3. The van der Waals surface area contributed by atoms with Crippen LogP contribution in [0.4, 0.5) is 0 Å². The van der Waals surface area contributed by atoms with Crippen LogP contribution < -0.4 is 0 Å². The highest BCUT2D eigenvalue weighted by molar-refractivity contribution is 5.66. The lowest BCUT2D eigenvalue weighted by Crippen LogP contribution is -2.03. The van der Waals surface area contributed by atoms with Crippen molar-refractivity contribution in [1.82, 2.24) is 9.55 Å². The maximum atomic E-state index is 4.09. The zero-order chi connectivity index (χ0) is 13.9. The highest BCUT2D eigenvalue weighted by atomic mass is 15.0. The van der Waals surface area contributed by atoms with Crippen molar-refractivity contribution in [2.45, 2.75) is 20.4 Å². The largest absolute Gasteiger partial charge is 0.344 e. The minimum Gasteiger partial charge on any atom is -0.344 e. The zero-order valence-electron chi connectivity index (χ0n) is 11.9. The van der Waals surface area contributed by atoms with E-state index in [9.17, 15) is 0 Å². The van der Waals surface area contributed by atoms with Gasteiger partial charge in [0.15, 0.2) is 0 Å². The number of hydrogen-bond donors (Lipinski definition) is 0. The van der Waals surface area contributed by atoms with Crippen LogP contribution in [0.1, 0.15) is 17.0 Å². The summed E-state index contributed by atoms with van der Waals surface area (Å²) >= 11 is 0. The maximum absolute atomic E-state index is 4.09. The molecule has 2 aromatic heterocycles. The van der Waals surface area contributed by atoms with Crippen LogP contribution in [0.5, 0.6) is 0 Å². The SMILES string of the molecule is Cc1cc(-c2ccncc2)c(C)n1Cc1ccccc1. The van der Waals surface area contributed by atoms with Crippen molar-refractivity contribution in [1.29, 1.82) is 0 Å². The molecule has 0 N–H and O–H groups in total. The van der Waals surface area contributed by atoms with Gasteiger partial charge < -0.3 is 4.57 Å². The number of aryl methyl sites for hydroxylation is 1.